The number of rotatable bonds is 3. The molecule has 0 aromatic rings. The van der Waals surface area contributed by atoms with E-state index in [0.29, 0.717) is 0 Å². The SMILES string of the molecule is C=C.C=C.C=C.C=C.C=C.C=C.C=C.C=C.C=C.C=C.C=C.C=C.C=C.C=C.C=C.C=C.C=C.C=C.C=C.C=C.C=C.C=C.C=C.C=CC(=O)OCCO. The van der Waals surface area contributed by atoms with E-state index in [1.807, 2.05) is 0 Å². The summed E-state index contributed by atoms with van der Waals surface area (Å²) in [5, 5.41) is 8.10. The van der Waals surface area contributed by atoms with Crippen LogP contribution in [0.3, 0.4) is 0 Å². The lowest BCUT2D eigenvalue weighted by Gasteiger charge is -1.94. The van der Waals surface area contributed by atoms with Crippen LogP contribution >= 0.6 is 0 Å². The van der Waals surface area contributed by atoms with Crippen molar-refractivity contribution in [2.75, 3.05) is 13.2 Å². The Labute approximate surface area is 348 Å². The van der Waals surface area contributed by atoms with Crippen LogP contribution in [0.2, 0.25) is 0 Å². The average molecular weight is 761 g/mol. The second kappa shape index (κ2) is 2610000. The van der Waals surface area contributed by atoms with E-state index >= 15 is 0 Å². The molecule has 0 saturated carbocycles. The molecule has 0 atom stereocenters. The Morgan fingerprint density at radius 2 is 0.389 bits per heavy atom. The Balaban J connectivity index is -0.00000000811. The number of hydrogen-bond donors (Lipinski definition) is 1. The molecular formula is C51H100O3. The number of hydrogen-bond acceptors (Lipinski definition) is 3. The van der Waals surface area contributed by atoms with Crippen LogP contribution in [0, 0.1) is 0 Å². The van der Waals surface area contributed by atoms with E-state index < -0.39 is 5.97 Å². The van der Waals surface area contributed by atoms with Crippen molar-refractivity contribution in [1.82, 2.24) is 0 Å². The van der Waals surface area contributed by atoms with Gasteiger partial charge in [0, 0.05) is 6.08 Å². The minimum Gasteiger partial charge on any atom is -0.460 e. The third kappa shape index (κ3) is 134000. The Kier molecular flexibility index (Phi) is 9060000. The molecule has 0 spiro atoms. The summed E-state index contributed by atoms with van der Waals surface area (Å²) in [6.45, 7) is 141. The Hall–Kier alpha value is -6.81. The van der Waals surface area contributed by atoms with Gasteiger partial charge in [-0.15, -0.1) is 303 Å². The predicted molar refractivity (Wildman–Crippen MR) is 287 cm³/mol. The summed E-state index contributed by atoms with van der Waals surface area (Å²) in [5.41, 5.74) is 0. The van der Waals surface area contributed by atoms with Crippen molar-refractivity contribution >= 4 is 5.97 Å². The van der Waals surface area contributed by atoms with E-state index in [0.717, 1.165) is 6.08 Å². The summed E-state index contributed by atoms with van der Waals surface area (Å²) < 4.78 is 4.33. The van der Waals surface area contributed by atoms with E-state index in [4.69, 9.17) is 5.11 Å². The van der Waals surface area contributed by atoms with E-state index in [9.17, 15) is 4.79 Å². The summed E-state index contributed by atoms with van der Waals surface area (Å²) in [7, 11) is 0. The van der Waals surface area contributed by atoms with Gasteiger partial charge in [-0.25, -0.2) is 4.79 Å². The molecule has 3 nitrogen and oxygen atoms in total. The van der Waals surface area contributed by atoms with Crippen molar-refractivity contribution in [3.63, 3.8) is 0 Å². The minimum absolute atomic E-state index is 0.0465. The van der Waals surface area contributed by atoms with Gasteiger partial charge >= 0.3 is 5.97 Å². The number of aliphatic hydroxyl groups is 1. The summed E-state index contributed by atoms with van der Waals surface area (Å²) >= 11 is 0. The van der Waals surface area contributed by atoms with Crippen molar-refractivity contribution in [3.8, 4) is 0 Å². The van der Waals surface area contributed by atoms with Gasteiger partial charge in [0.05, 0.1) is 6.61 Å². The molecule has 0 aliphatic rings. The van der Waals surface area contributed by atoms with Crippen LogP contribution in [-0.4, -0.2) is 24.3 Å². The largest absolute Gasteiger partial charge is 0.460 e. The van der Waals surface area contributed by atoms with Crippen LogP contribution in [0.25, 0.3) is 0 Å². The third-order valence-electron chi connectivity index (χ3n) is 0.502. The molecule has 0 fully saturated rings. The number of carbonyl (C=O) groups excluding carboxylic acids is 1. The zero-order valence-corrected chi connectivity index (χ0v) is 37.0. The fourth-order valence-corrected chi connectivity index (χ4v) is 0.205. The van der Waals surface area contributed by atoms with Crippen LogP contribution in [0.5, 0.6) is 0 Å². The average Bonchev–Trinajstić information content (AvgIpc) is 3.40. The fourth-order valence-electron chi connectivity index (χ4n) is 0.205. The molecule has 0 aliphatic carbocycles. The topological polar surface area (TPSA) is 46.5 Å². The Morgan fingerprint density at radius 3 is 0.444 bits per heavy atom. The van der Waals surface area contributed by atoms with Gasteiger partial charge in [0.1, 0.15) is 6.61 Å². The number of esters is 1. The normalized spacial score (nSPS) is 2.91. The minimum atomic E-state index is -0.501. The molecule has 0 bridgehead atoms. The zero-order valence-electron chi connectivity index (χ0n) is 37.0. The molecule has 0 aromatic carbocycles. The standard InChI is InChI=1S/C5H8O3.23C2H4/c1-2-5(7)8-4-3-6;23*1-2/h2,6H,1,3-4H2;23*1-2H2. The van der Waals surface area contributed by atoms with Crippen LogP contribution < -0.4 is 0 Å². The quantitative estimate of drug-likeness (QED) is 0.177. The second-order valence-corrected chi connectivity index (χ2v) is 1.10. The molecule has 3 heteroatoms. The van der Waals surface area contributed by atoms with Gasteiger partial charge in [0.25, 0.3) is 0 Å². The Morgan fingerprint density at radius 1 is 0.296 bits per heavy atom. The maximum absolute atomic E-state index is 10.1. The molecule has 0 saturated heterocycles. The predicted octanol–water partition coefficient (Wildman–Crippen LogP) is 18.2. The highest BCUT2D eigenvalue weighted by molar-refractivity contribution is 5.81. The molecule has 0 aromatic heterocycles. The molecule has 0 rings (SSSR count). The van der Waals surface area contributed by atoms with Gasteiger partial charge in [0.15, 0.2) is 0 Å². The number of carbonyl (C=O) groups is 1. The molecule has 0 unspecified atom stereocenters. The van der Waals surface area contributed by atoms with E-state index in [1.165, 1.54) is 0 Å². The highest BCUT2D eigenvalue weighted by Crippen LogP contribution is 1.75. The van der Waals surface area contributed by atoms with E-state index in [1.54, 1.807) is 0 Å². The zero-order chi connectivity index (χ0) is 52.4. The van der Waals surface area contributed by atoms with Gasteiger partial charge in [-0.05, 0) is 0 Å². The van der Waals surface area contributed by atoms with Gasteiger partial charge in [-0.3, -0.25) is 0 Å². The van der Waals surface area contributed by atoms with Crippen LogP contribution in [0.15, 0.2) is 315 Å². The number of ether oxygens (including phenoxy) is 1. The first-order chi connectivity index (χ1) is 26.8. The summed E-state index contributed by atoms with van der Waals surface area (Å²) in [6.07, 6.45) is 1.05. The van der Waals surface area contributed by atoms with Gasteiger partial charge < -0.3 is 9.84 Å². The molecule has 1 N–H and O–H groups in total. The molecule has 54 heavy (non-hydrogen) atoms. The van der Waals surface area contributed by atoms with Gasteiger partial charge in [0.2, 0.25) is 0 Å². The maximum Gasteiger partial charge on any atom is 0.330 e. The van der Waals surface area contributed by atoms with Crippen molar-refractivity contribution in [3.05, 3.63) is 315 Å². The molecule has 0 heterocycles. The molecule has 0 radical (unpaired) electrons. The van der Waals surface area contributed by atoms with E-state index in [2.05, 4.69) is 314 Å². The molecular weight excluding hydrogens is 661 g/mol. The maximum atomic E-state index is 10.1. The smallest absolute Gasteiger partial charge is 0.330 e. The van der Waals surface area contributed by atoms with Crippen LogP contribution in [-0.2, 0) is 9.53 Å². The van der Waals surface area contributed by atoms with Gasteiger partial charge in [-0.1, -0.05) is 6.58 Å². The highest BCUT2D eigenvalue weighted by atomic mass is 16.5. The lowest BCUT2D eigenvalue weighted by molar-refractivity contribution is -0.138. The second-order valence-electron chi connectivity index (χ2n) is 1.10. The first-order valence-corrected chi connectivity index (χ1v) is 13.7. The Bertz CT molecular complexity index is 266. The van der Waals surface area contributed by atoms with Crippen LogP contribution in [0.4, 0.5) is 0 Å². The lowest BCUT2D eigenvalue weighted by Crippen LogP contribution is -2.04. The summed E-state index contributed by atoms with van der Waals surface area (Å²) in [5.74, 6) is -0.501. The van der Waals surface area contributed by atoms with Crippen molar-refractivity contribution in [2.45, 2.75) is 0 Å². The third-order valence-corrected chi connectivity index (χ3v) is 0.502. The first kappa shape index (κ1) is 187. The van der Waals surface area contributed by atoms with E-state index in [-0.39, 0.29) is 13.2 Å². The fraction of sp³-hybridized carbons (Fsp3) is 0.0392. The lowest BCUT2D eigenvalue weighted by atomic mass is 10.6. The summed E-state index contributed by atoms with van der Waals surface area (Å²) in [6, 6.07) is 0. The summed E-state index contributed by atoms with van der Waals surface area (Å²) in [4.78, 5) is 10.1. The van der Waals surface area contributed by atoms with Crippen molar-refractivity contribution < 1.29 is 14.6 Å². The van der Waals surface area contributed by atoms with Gasteiger partial charge in [-0.2, -0.15) is 0 Å². The van der Waals surface area contributed by atoms with Crippen molar-refractivity contribution in [2.24, 2.45) is 0 Å². The number of aliphatic hydroxyl groups excluding tert-OH is 1. The first-order valence-electron chi connectivity index (χ1n) is 13.7. The molecule has 322 valence electrons. The van der Waals surface area contributed by atoms with Crippen LogP contribution in [0.1, 0.15) is 0 Å². The molecule has 0 aliphatic heterocycles. The van der Waals surface area contributed by atoms with Crippen molar-refractivity contribution in [1.29, 1.82) is 0 Å². The highest BCUT2D eigenvalue weighted by Gasteiger charge is 1.90. The molecule has 0 amide bonds. The monoisotopic (exact) mass is 761 g/mol.